The first-order chi connectivity index (χ1) is 10.6. The Morgan fingerprint density at radius 3 is 2.68 bits per heavy atom. The summed E-state index contributed by atoms with van der Waals surface area (Å²) in [4.78, 5) is 4.39. The predicted octanol–water partition coefficient (Wildman–Crippen LogP) is 3.73. The monoisotopic (exact) mass is 295 g/mol. The Labute approximate surface area is 131 Å². The number of hydrogen-bond donors (Lipinski definition) is 1. The maximum Gasteiger partial charge on any atom is 0.135 e. The van der Waals surface area contributed by atoms with Gasteiger partial charge >= 0.3 is 0 Å². The number of fused-ring (bicyclic) bond motifs is 1. The van der Waals surface area contributed by atoms with Gasteiger partial charge in [-0.15, -0.1) is 0 Å². The van der Waals surface area contributed by atoms with Gasteiger partial charge in [-0.2, -0.15) is 0 Å². The summed E-state index contributed by atoms with van der Waals surface area (Å²) in [5.41, 5.74) is 3.67. The maximum atomic E-state index is 10.0. The highest BCUT2D eigenvalue weighted by atomic mass is 16.5. The van der Waals surface area contributed by atoms with E-state index in [1.54, 1.807) is 0 Å². The molecule has 0 saturated carbocycles. The smallest absolute Gasteiger partial charge is 0.135 e. The van der Waals surface area contributed by atoms with E-state index in [1.165, 1.54) is 0 Å². The number of rotatable bonds is 3. The second kappa shape index (κ2) is 5.58. The molecule has 2 aromatic rings. The molecule has 1 aromatic heterocycles. The molecular formula is C19H21NO2. The van der Waals surface area contributed by atoms with Crippen molar-refractivity contribution < 1.29 is 9.84 Å². The SMILES string of the molecule is C/C=C(\C)C1Oc2c(-c3ccccc3)cncc2C1(C)CO. The largest absolute Gasteiger partial charge is 0.484 e. The molecule has 1 aliphatic rings. The van der Waals surface area contributed by atoms with Crippen molar-refractivity contribution in [3.8, 4) is 16.9 Å². The lowest BCUT2D eigenvalue weighted by molar-refractivity contribution is 0.123. The quantitative estimate of drug-likeness (QED) is 0.877. The van der Waals surface area contributed by atoms with Gasteiger partial charge in [-0.1, -0.05) is 36.4 Å². The minimum Gasteiger partial charge on any atom is -0.484 e. The number of ether oxygens (including phenoxy) is 1. The molecule has 0 amide bonds. The second-order valence-electron chi connectivity index (χ2n) is 6.04. The highest BCUT2D eigenvalue weighted by molar-refractivity contribution is 5.73. The Kier molecular flexibility index (Phi) is 3.75. The topological polar surface area (TPSA) is 42.4 Å². The normalized spacial score (nSPS) is 24.0. The molecule has 1 aliphatic heterocycles. The third-order valence-corrected chi connectivity index (χ3v) is 4.61. The van der Waals surface area contributed by atoms with Crippen molar-refractivity contribution in [2.75, 3.05) is 6.61 Å². The number of aromatic nitrogens is 1. The molecule has 114 valence electrons. The molecule has 3 nitrogen and oxygen atoms in total. The zero-order chi connectivity index (χ0) is 15.7. The Morgan fingerprint density at radius 2 is 2.05 bits per heavy atom. The first kappa shape index (κ1) is 14.8. The van der Waals surface area contributed by atoms with E-state index >= 15 is 0 Å². The van der Waals surface area contributed by atoms with Gasteiger partial charge < -0.3 is 9.84 Å². The average molecular weight is 295 g/mol. The van der Waals surface area contributed by atoms with Gasteiger partial charge in [-0.3, -0.25) is 4.98 Å². The molecule has 0 saturated heterocycles. The summed E-state index contributed by atoms with van der Waals surface area (Å²) in [5.74, 6) is 0.837. The van der Waals surface area contributed by atoms with E-state index in [-0.39, 0.29) is 12.7 Å². The van der Waals surface area contributed by atoms with Crippen LogP contribution in [-0.4, -0.2) is 22.8 Å². The van der Waals surface area contributed by atoms with Crippen molar-refractivity contribution in [1.29, 1.82) is 0 Å². The highest BCUT2D eigenvalue weighted by Gasteiger charge is 2.47. The number of benzene rings is 1. The van der Waals surface area contributed by atoms with Gasteiger partial charge in [0.15, 0.2) is 0 Å². The van der Waals surface area contributed by atoms with E-state index in [9.17, 15) is 5.11 Å². The fourth-order valence-corrected chi connectivity index (χ4v) is 3.11. The summed E-state index contributed by atoms with van der Waals surface area (Å²) in [7, 11) is 0. The summed E-state index contributed by atoms with van der Waals surface area (Å²) >= 11 is 0. The van der Waals surface area contributed by atoms with E-state index in [4.69, 9.17) is 4.74 Å². The summed E-state index contributed by atoms with van der Waals surface area (Å²) in [6.07, 6.45) is 5.53. The molecule has 1 N–H and O–H groups in total. The van der Waals surface area contributed by atoms with Crippen LogP contribution in [-0.2, 0) is 5.41 Å². The standard InChI is InChI=1S/C19H21NO2/c1-4-13(2)18-19(3,12-21)16-11-20-10-15(17(16)22-18)14-8-6-5-7-9-14/h4-11,18,21H,12H2,1-3H3/b13-4+. The molecule has 2 unspecified atom stereocenters. The summed E-state index contributed by atoms with van der Waals surface area (Å²) in [6.45, 7) is 6.10. The zero-order valence-corrected chi connectivity index (χ0v) is 13.2. The lowest BCUT2D eigenvalue weighted by Crippen LogP contribution is -2.39. The van der Waals surface area contributed by atoms with Crippen molar-refractivity contribution in [3.63, 3.8) is 0 Å². The Bertz CT molecular complexity index is 709. The third-order valence-electron chi connectivity index (χ3n) is 4.61. The lowest BCUT2D eigenvalue weighted by atomic mass is 9.77. The van der Waals surface area contributed by atoms with Gasteiger partial charge in [0.1, 0.15) is 11.9 Å². The van der Waals surface area contributed by atoms with E-state index in [0.717, 1.165) is 28.0 Å². The van der Waals surface area contributed by atoms with Gasteiger partial charge in [-0.25, -0.2) is 0 Å². The van der Waals surface area contributed by atoms with E-state index in [0.29, 0.717) is 0 Å². The van der Waals surface area contributed by atoms with E-state index in [2.05, 4.69) is 4.98 Å². The van der Waals surface area contributed by atoms with Crippen molar-refractivity contribution >= 4 is 0 Å². The predicted molar refractivity (Wildman–Crippen MR) is 88.0 cm³/mol. The molecule has 22 heavy (non-hydrogen) atoms. The molecule has 2 atom stereocenters. The van der Waals surface area contributed by atoms with Crippen LogP contribution in [0.2, 0.25) is 0 Å². The molecule has 3 heteroatoms. The van der Waals surface area contributed by atoms with E-state index in [1.807, 2.05) is 69.6 Å². The number of aliphatic hydroxyl groups excluding tert-OH is 1. The first-order valence-corrected chi connectivity index (χ1v) is 7.56. The Morgan fingerprint density at radius 1 is 1.32 bits per heavy atom. The number of pyridine rings is 1. The number of allylic oxidation sites excluding steroid dienone is 1. The molecule has 0 aliphatic carbocycles. The lowest BCUT2D eigenvalue weighted by Gasteiger charge is -2.28. The van der Waals surface area contributed by atoms with Gasteiger partial charge in [0.05, 0.1) is 12.0 Å². The van der Waals surface area contributed by atoms with Crippen LogP contribution >= 0.6 is 0 Å². The molecule has 1 aromatic carbocycles. The molecule has 0 bridgehead atoms. The van der Waals surface area contributed by atoms with Gasteiger partial charge in [-0.05, 0) is 31.9 Å². The second-order valence-corrected chi connectivity index (χ2v) is 6.04. The van der Waals surface area contributed by atoms with Crippen molar-refractivity contribution in [3.05, 3.63) is 59.9 Å². The minimum atomic E-state index is -0.469. The third kappa shape index (κ3) is 2.13. The molecular weight excluding hydrogens is 274 g/mol. The van der Waals surface area contributed by atoms with Crippen molar-refractivity contribution in [2.45, 2.75) is 32.3 Å². The summed E-state index contributed by atoms with van der Waals surface area (Å²) in [5, 5.41) is 10.0. The minimum absolute atomic E-state index is 0.0236. The van der Waals surface area contributed by atoms with Crippen LogP contribution in [0.15, 0.2) is 54.4 Å². The van der Waals surface area contributed by atoms with Crippen LogP contribution in [0.25, 0.3) is 11.1 Å². The molecule has 0 radical (unpaired) electrons. The Hall–Kier alpha value is -2.13. The van der Waals surface area contributed by atoms with Crippen LogP contribution in [0.5, 0.6) is 5.75 Å². The van der Waals surface area contributed by atoms with Crippen LogP contribution in [0.3, 0.4) is 0 Å². The number of aliphatic hydroxyl groups is 1. The molecule has 2 heterocycles. The first-order valence-electron chi connectivity index (χ1n) is 7.56. The molecule has 3 rings (SSSR count). The van der Waals surface area contributed by atoms with Crippen LogP contribution in [0, 0.1) is 0 Å². The fraction of sp³-hybridized carbons (Fsp3) is 0.316. The van der Waals surface area contributed by atoms with Crippen LogP contribution < -0.4 is 4.74 Å². The van der Waals surface area contributed by atoms with Crippen LogP contribution in [0.4, 0.5) is 0 Å². The van der Waals surface area contributed by atoms with Crippen LogP contribution in [0.1, 0.15) is 26.3 Å². The number of hydrogen-bond acceptors (Lipinski definition) is 3. The summed E-state index contributed by atoms with van der Waals surface area (Å²) < 4.78 is 6.28. The summed E-state index contributed by atoms with van der Waals surface area (Å²) in [6, 6.07) is 10.1. The average Bonchev–Trinajstić information content (AvgIpc) is 2.89. The maximum absolute atomic E-state index is 10.0. The zero-order valence-electron chi connectivity index (χ0n) is 13.2. The van der Waals surface area contributed by atoms with E-state index < -0.39 is 5.41 Å². The number of nitrogens with zero attached hydrogens (tertiary/aromatic N) is 1. The van der Waals surface area contributed by atoms with Gasteiger partial charge in [0, 0.05) is 23.5 Å². The fourth-order valence-electron chi connectivity index (χ4n) is 3.11. The van der Waals surface area contributed by atoms with Crippen molar-refractivity contribution in [2.24, 2.45) is 0 Å². The Balaban J connectivity index is 2.17. The molecule has 0 fully saturated rings. The van der Waals surface area contributed by atoms with Gasteiger partial charge in [0.2, 0.25) is 0 Å². The van der Waals surface area contributed by atoms with Crippen molar-refractivity contribution in [1.82, 2.24) is 4.98 Å². The molecule has 0 spiro atoms. The highest BCUT2D eigenvalue weighted by Crippen LogP contribution is 2.48. The van der Waals surface area contributed by atoms with Gasteiger partial charge in [0.25, 0.3) is 0 Å².